The van der Waals surface area contributed by atoms with Crippen LogP contribution in [0.3, 0.4) is 0 Å². The van der Waals surface area contributed by atoms with Crippen molar-refractivity contribution < 1.29 is 24.2 Å². The van der Waals surface area contributed by atoms with Crippen molar-refractivity contribution in [2.45, 2.75) is 0 Å². The number of carbonyl (C=O) groups excluding carboxylic acids is 1. The lowest BCUT2D eigenvalue weighted by Gasteiger charge is -2.07. The highest BCUT2D eigenvalue weighted by molar-refractivity contribution is 9.10. The van der Waals surface area contributed by atoms with Crippen LogP contribution < -0.4 is 14.8 Å². The van der Waals surface area contributed by atoms with Crippen molar-refractivity contribution in [3.63, 3.8) is 0 Å². The third-order valence-electron chi connectivity index (χ3n) is 4.23. The molecule has 0 aliphatic heterocycles. The Kier molecular flexibility index (Phi) is 6.91. The third-order valence-corrected chi connectivity index (χ3v) is 5.66. The molecule has 8 heteroatoms. The molecule has 2 aromatic carbocycles. The lowest BCUT2D eigenvalue weighted by atomic mass is 10.0. The fourth-order valence-electron chi connectivity index (χ4n) is 2.79. The number of carbonyl (C=O) groups is 2. The Morgan fingerprint density at radius 2 is 1.77 bits per heavy atom. The molecule has 6 nitrogen and oxygen atoms in total. The molecule has 154 valence electrons. The number of rotatable bonds is 7. The molecule has 1 amide bonds. The number of hydrogen-bond acceptors (Lipinski definition) is 5. The van der Waals surface area contributed by atoms with Gasteiger partial charge in [-0.3, -0.25) is 4.79 Å². The van der Waals surface area contributed by atoms with Gasteiger partial charge in [-0.25, -0.2) is 4.79 Å². The van der Waals surface area contributed by atoms with Gasteiger partial charge in [0.1, 0.15) is 10.6 Å². The number of halogens is 1. The maximum atomic E-state index is 12.4. The van der Waals surface area contributed by atoms with E-state index in [4.69, 9.17) is 9.47 Å². The lowest BCUT2D eigenvalue weighted by molar-refractivity contribution is -0.111. The second kappa shape index (κ2) is 9.60. The van der Waals surface area contributed by atoms with Crippen LogP contribution in [0.4, 0.5) is 5.00 Å². The average Bonchev–Trinajstić information content (AvgIpc) is 3.16. The number of carboxylic acid groups (broad SMARTS) is 1. The average molecular weight is 488 g/mol. The van der Waals surface area contributed by atoms with Crippen molar-refractivity contribution in [2.24, 2.45) is 0 Å². The van der Waals surface area contributed by atoms with Crippen molar-refractivity contribution in [1.82, 2.24) is 0 Å². The smallest absolute Gasteiger partial charge is 0.339 e. The number of ether oxygens (including phenoxy) is 2. The first-order valence-corrected chi connectivity index (χ1v) is 10.4. The summed E-state index contributed by atoms with van der Waals surface area (Å²) in [6.45, 7) is 0. The molecular weight excluding hydrogens is 470 g/mol. The minimum absolute atomic E-state index is 0.0650. The molecule has 0 saturated heterocycles. The second-order valence-corrected chi connectivity index (χ2v) is 7.90. The fraction of sp³-hybridized carbons (Fsp3) is 0.0909. The molecule has 0 unspecified atom stereocenters. The Balaban J connectivity index is 1.81. The third kappa shape index (κ3) is 4.90. The molecule has 3 rings (SSSR count). The Labute approximate surface area is 185 Å². The largest absolute Gasteiger partial charge is 0.493 e. The number of amides is 1. The van der Waals surface area contributed by atoms with Gasteiger partial charge in [0.05, 0.1) is 14.2 Å². The maximum absolute atomic E-state index is 12.4. The van der Waals surface area contributed by atoms with Gasteiger partial charge in [-0.1, -0.05) is 34.1 Å². The van der Waals surface area contributed by atoms with Gasteiger partial charge in [-0.15, -0.1) is 11.3 Å². The molecule has 30 heavy (non-hydrogen) atoms. The van der Waals surface area contributed by atoms with Crippen molar-refractivity contribution >= 4 is 50.2 Å². The van der Waals surface area contributed by atoms with E-state index in [0.717, 1.165) is 15.6 Å². The van der Waals surface area contributed by atoms with Gasteiger partial charge in [-0.2, -0.15) is 0 Å². The van der Waals surface area contributed by atoms with Gasteiger partial charge < -0.3 is 19.9 Å². The topological polar surface area (TPSA) is 84.9 Å². The van der Waals surface area contributed by atoms with E-state index in [-0.39, 0.29) is 10.6 Å². The van der Waals surface area contributed by atoms with Gasteiger partial charge >= 0.3 is 5.97 Å². The highest BCUT2D eigenvalue weighted by atomic mass is 79.9. The molecule has 0 atom stereocenters. The molecule has 0 aliphatic rings. The summed E-state index contributed by atoms with van der Waals surface area (Å²) < 4.78 is 11.3. The molecular formula is C22H18BrNO5S. The minimum Gasteiger partial charge on any atom is -0.493 e. The normalized spacial score (nSPS) is 10.8. The fourth-order valence-corrected chi connectivity index (χ4v) is 4.01. The highest BCUT2D eigenvalue weighted by Crippen LogP contribution is 2.36. The van der Waals surface area contributed by atoms with Crippen LogP contribution in [0, 0.1) is 0 Å². The van der Waals surface area contributed by atoms with E-state index in [0.29, 0.717) is 17.1 Å². The molecule has 0 saturated carbocycles. The van der Waals surface area contributed by atoms with Crippen molar-refractivity contribution in [3.8, 4) is 22.6 Å². The Morgan fingerprint density at radius 1 is 1.07 bits per heavy atom. The SMILES string of the molecule is COc1ccc(C=CC(=O)Nc2scc(-c3ccc(Br)cc3)c2C(=O)O)cc1OC. The van der Waals surface area contributed by atoms with Gasteiger partial charge in [0.2, 0.25) is 5.91 Å². The molecule has 2 N–H and O–H groups in total. The summed E-state index contributed by atoms with van der Waals surface area (Å²) in [5.74, 6) is -0.403. The Bertz CT molecular complexity index is 1110. The van der Waals surface area contributed by atoms with E-state index >= 15 is 0 Å². The molecule has 0 bridgehead atoms. The first kappa shape index (κ1) is 21.6. The van der Waals surface area contributed by atoms with Crippen LogP contribution in [0.1, 0.15) is 15.9 Å². The van der Waals surface area contributed by atoms with Gasteiger partial charge in [0, 0.05) is 21.5 Å². The summed E-state index contributed by atoms with van der Waals surface area (Å²) in [6.07, 6.45) is 2.95. The Morgan fingerprint density at radius 3 is 2.40 bits per heavy atom. The Hall–Kier alpha value is -3.10. The van der Waals surface area contributed by atoms with E-state index in [1.54, 1.807) is 36.8 Å². The summed E-state index contributed by atoms with van der Waals surface area (Å²) in [5.41, 5.74) is 2.12. The highest BCUT2D eigenvalue weighted by Gasteiger charge is 2.20. The quantitative estimate of drug-likeness (QED) is 0.427. The lowest BCUT2D eigenvalue weighted by Crippen LogP contribution is -2.10. The summed E-state index contributed by atoms with van der Waals surface area (Å²) >= 11 is 4.53. The zero-order valence-electron chi connectivity index (χ0n) is 16.1. The van der Waals surface area contributed by atoms with Crippen LogP contribution in [0.15, 0.2) is 58.4 Å². The standard InChI is InChI=1S/C22H18BrNO5S/c1-28-17-9-3-13(11-18(17)29-2)4-10-19(25)24-21-20(22(26)27)16(12-30-21)14-5-7-15(23)8-6-14/h3-12H,1-2H3,(H,24,25)(H,26,27). The van der Waals surface area contributed by atoms with Crippen molar-refractivity contribution in [1.29, 1.82) is 0 Å². The zero-order valence-corrected chi connectivity index (χ0v) is 18.5. The minimum atomic E-state index is -1.10. The van der Waals surface area contributed by atoms with Crippen LogP contribution >= 0.6 is 27.3 Å². The number of nitrogens with one attached hydrogen (secondary N) is 1. The van der Waals surface area contributed by atoms with E-state index in [2.05, 4.69) is 21.2 Å². The molecule has 1 heterocycles. The van der Waals surface area contributed by atoms with Crippen LogP contribution in [0.25, 0.3) is 17.2 Å². The number of thiophene rings is 1. The predicted molar refractivity (Wildman–Crippen MR) is 122 cm³/mol. The summed E-state index contributed by atoms with van der Waals surface area (Å²) in [4.78, 5) is 24.2. The van der Waals surface area contributed by atoms with Crippen molar-refractivity contribution in [2.75, 3.05) is 19.5 Å². The molecule has 0 spiro atoms. The number of aromatic carboxylic acids is 1. The van der Waals surface area contributed by atoms with Crippen molar-refractivity contribution in [3.05, 3.63) is 69.5 Å². The number of carboxylic acids is 1. The van der Waals surface area contributed by atoms with Gasteiger partial charge in [0.15, 0.2) is 11.5 Å². The van der Waals surface area contributed by atoms with Gasteiger partial charge in [-0.05, 0) is 41.5 Å². The summed E-state index contributed by atoms with van der Waals surface area (Å²) in [5, 5.41) is 14.3. The molecule has 0 fully saturated rings. The van der Waals surface area contributed by atoms with Crippen LogP contribution in [0.5, 0.6) is 11.5 Å². The maximum Gasteiger partial charge on any atom is 0.339 e. The first-order valence-electron chi connectivity index (χ1n) is 8.74. The monoisotopic (exact) mass is 487 g/mol. The molecule has 0 radical (unpaired) electrons. The zero-order chi connectivity index (χ0) is 21.7. The van der Waals surface area contributed by atoms with Crippen LogP contribution in [-0.4, -0.2) is 31.2 Å². The predicted octanol–water partition coefficient (Wildman–Crippen LogP) is 5.54. The van der Waals surface area contributed by atoms with E-state index in [9.17, 15) is 14.7 Å². The molecule has 1 aromatic heterocycles. The summed E-state index contributed by atoms with van der Waals surface area (Å²) in [6, 6.07) is 12.6. The first-order chi connectivity index (χ1) is 14.4. The second-order valence-electron chi connectivity index (χ2n) is 6.10. The summed E-state index contributed by atoms with van der Waals surface area (Å²) in [7, 11) is 3.08. The molecule has 0 aliphatic carbocycles. The van der Waals surface area contributed by atoms with Crippen LogP contribution in [-0.2, 0) is 4.79 Å². The van der Waals surface area contributed by atoms with E-state index in [1.165, 1.54) is 24.5 Å². The number of methoxy groups -OCH3 is 2. The van der Waals surface area contributed by atoms with Crippen LogP contribution in [0.2, 0.25) is 0 Å². The van der Waals surface area contributed by atoms with E-state index in [1.807, 2.05) is 24.3 Å². The number of benzene rings is 2. The molecule has 3 aromatic rings. The van der Waals surface area contributed by atoms with E-state index < -0.39 is 11.9 Å². The number of hydrogen-bond donors (Lipinski definition) is 2. The number of anilines is 1. The van der Waals surface area contributed by atoms with Gasteiger partial charge in [0.25, 0.3) is 0 Å².